The zero-order valence-electron chi connectivity index (χ0n) is 17.9. The minimum Gasteiger partial charge on any atom is -0.349 e. The summed E-state index contributed by atoms with van der Waals surface area (Å²) in [5, 5.41) is 12.8. The van der Waals surface area contributed by atoms with Crippen LogP contribution >= 0.6 is 11.8 Å². The molecule has 0 aliphatic rings. The van der Waals surface area contributed by atoms with Crippen LogP contribution in [0, 0.1) is 0 Å². The fourth-order valence-electron chi connectivity index (χ4n) is 3.82. The Balaban J connectivity index is 1.49. The third kappa shape index (κ3) is 4.01. The number of thioether (sulfide) groups is 1. The molecule has 3 aromatic carbocycles. The highest BCUT2D eigenvalue weighted by Gasteiger charge is 2.19. The van der Waals surface area contributed by atoms with E-state index < -0.39 is 0 Å². The summed E-state index contributed by atoms with van der Waals surface area (Å²) in [4.78, 5) is 25.9. The van der Waals surface area contributed by atoms with Crippen LogP contribution in [0.3, 0.4) is 0 Å². The number of amides is 1. The van der Waals surface area contributed by atoms with Gasteiger partial charge in [0.2, 0.25) is 11.7 Å². The molecule has 1 N–H and O–H groups in total. The van der Waals surface area contributed by atoms with Crippen LogP contribution in [0.1, 0.15) is 18.5 Å². The molecule has 2 aromatic heterocycles. The maximum absolute atomic E-state index is 13.3. The van der Waals surface area contributed by atoms with Crippen molar-refractivity contribution in [3.05, 3.63) is 101 Å². The number of hydrogen-bond acceptors (Lipinski definition) is 5. The van der Waals surface area contributed by atoms with Gasteiger partial charge in [-0.1, -0.05) is 72.4 Å². The molecule has 0 bridgehead atoms. The van der Waals surface area contributed by atoms with Gasteiger partial charge in [-0.15, -0.1) is 10.2 Å². The summed E-state index contributed by atoms with van der Waals surface area (Å²) in [6.07, 6.45) is 0. The van der Waals surface area contributed by atoms with E-state index in [0.717, 1.165) is 5.56 Å². The fraction of sp³-hybridized carbons (Fsp3) is 0.120. The maximum Gasteiger partial charge on any atom is 0.267 e. The van der Waals surface area contributed by atoms with E-state index in [1.807, 2.05) is 90.2 Å². The molecule has 0 spiro atoms. The predicted octanol–water partition coefficient (Wildman–Crippen LogP) is 4.00. The van der Waals surface area contributed by atoms with Crippen molar-refractivity contribution in [1.29, 1.82) is 0 Å². The van der Waals surface area contributed by atoms with E-state index in [1.54, 1.807) is 10.6 Å². The van der Waals surface area contributed by atoms with E-state index >= 15 is 0 Å². The van der Waals surface area contributed by atoms with Gasteiger partial charge in [0.25, 0.3) is 5.56 Å². The summed E-state index contributed by atoms with van der Waals surface area (Å²) in [5.74, 6) is 0.482. The predicted molar refractivity (Wildman–Crippen MR) is 130 cm³/mol. The van der Waals surface area contributed by atoms with E-state index in [9.17, 15) is 9.59 Å². The lowest BCUT2D eigenvalue weighted by molar-refractivity contribution is -0.119. The summed E-state index contributed by atoms with van der Waals surface area (Å²) in [6, 6.07) is 26.4. The Morgan fingerprint density at radius 2 is 1.61 bits per heavy atom. The minimum atomic E-state index is -0.164. The Morgan fingerprint density at radius 1 is 0.939 bits per heavy atom. The molecule has 1 atom stereocenters. The zero-order chi connectivity index (χ0) is 22.8. The molecular formula is C25H21N5O2S. The van der Waals surface area contributed by atoms with Gasteiger partial charge in [0.15, 0.2) is 5.16 Å². The van der Waals surface area contributed by atoms with Crippen molar-refractivity contribution in [2.75, 3.05) is 5.75 Å². The first-order valence-electron chi connectivity index (χ1n) is 10.5. The second-order valence-electron chi connectivity index (χ2n) is 7.60. The van der Waals surface area contributed by atoms with Crippen molar-refractivity contribution in [1.82, 2.24) is 24.5 Å². The zero-order valence-corrected chi connectivity index (χ0v) is 18.7. The van der Waals surface area contributed by atoms with Gasteiger partial charge in [0, 0.05) is 0 Å². The smallest absolute Gasteiger partial charge is 0.267 e. The second-order valence-corrected chi connectivity index (χ2v) is 8.54. The number of fused-ring (bicyclic) bond motifs is 3. The van der Waals surface area contributed by atoms with E-state index in [2.05, 4.69) is 15.5 Å². The first-order chi connectivity index (χ1) is 16.1. The highest BCUT2D eigenvalue weighted by Crippen LogP contribution is 2.23. The van der Waals surface area contributed by atoms with Crippen LogP contribution < -0.4 is 10.9 Å². The number of hydrogen-bond donors (Lipinski definition) is 1. The lowest BCUT2D eigenvalue weighted by Crippen LogP contribution is -2.28. The summed E-state index contributed by atoms with van der Waals surface area (Å²) in [7, 11) is 0. The van der Waals surface area contributed by atoms with Crippen LogP contribution in [0.2, 0.25) is 0 Å². The minimum absolute atomic E-state index is 0.0986. The molecule has 33 heavy (non-hydrogen) atoms. The number of rotatable bonds is 6. The molecule has 7 nitrogen and oxygen atoms in total. The molecule has 1 unspecified atom stereocenters. The fourth-order valence-corrected chi connectivity index (χ4v) is 4.57. The van der Waals surface area contributed by atoms with Crippen LogP contribution in [0.15, 0.2) is 94.9 Å². The van der Waals surface area contributed by atoms with Gasteiger partial charge >= 0.3 is 0 Å². The average molecular weight is 456 g/mol. The highest BCUT2D eigenvalue weighted by atomic mass is 32.2. The molecule has 0 aliphatic carbocycles. The van der Waals surface area contributed by atoms with Crippen LogP contribution in [0.25, 0.3) is 22.4 Å². The Bertz CT molecular complexity index is 1500. The Labute approximate surface area is 194 Å². The van der Waals surface area contributed by atoms with E-state index in [1.165, 1.54) is 11.8 Å². The number of carbonyl (C=O) groups excluding carboxylic acids is 1. The lowest BCUT2D eigenvalue weighted by atomic mass is 10.1. The van der Waals surface area contributed by atoms with Crippen molar-refractivity contribution in [2.24, 2.45) is 0 Å². The molecule has 5 rings (SSSR count). The van der Waals surface area contributed by atoms with Gasteiger partial charge in [-0.3, -0.25) is 14.0 Å². The van der Waals surface area contributed by atoms with Gasteiger partial charge in [0.05, 0.1) is 28.4 Å². The van der Waals surface area contributed by atoms with Crippen molar-refractivity contribution in [2.45, 2.75) is 18.1 Å². The van der Waals surface area contributed by atoms with Crippen molar-refractivity contribution in [3.8, 4) is 5.69 Å². The molecule has 0 radical (unpaired) electrons. The van der Waals surface area contributed by atoms with Crippen molar-refractivity contribution >= 4 is 34.3 Å². The summed E-state index contributed by atoms with van der Waals surface area (Å²) < 4.78 is 3.39. The topological polar surface area (TPSA) is 81.3 Å². The molecule has 0 saturated heterocycles. The van der Waals surface area contributed by atoms with Crippen LogP contribution in [-0.2, 0) is 4.79 Å². The normalized spacial score (nSPS) is 12.2. The molecule has 164 valence electrons. The van der Waals surface area contributed by atoms with Crippen LogP contribution in [-0.4, -0.2) is 30.8 Å². The number of carbonyl (C=O) groups is 1. The van der Waals surface area contributed by atoms with E-state index in [4.69, 9.17) is 0 Å². The maximum atomic E-state index is 13.3. The van der Waals surface area contributed by atoms with Crippen molar-refractivity contribution < 1.29 is 4.79 Å². The highest BCUT2D eigenvalue weighted by molar-refractivity contribution is 7.99. The summed E-state index contributed by atoms with van der Waals surface area (Å²) in [6.45, 7) is 1.95. The molecular weight excluding hydrogens is 434 g/mol. The second kappa shape index (κ2) is 8.91. The SMILES string of the molecule is CC(NC(=O)CSc1nnc2n(-c3ccccc3)c(=O)c3ccccc3n12)c1ccccc1. The molecule has 2 heterocycles. The van der Waals surface area contributed by atoms with E-state index in [-0.39, 0.29) is 23.3 Å². The standard InChI is InChI=1S/C25H21N5O2S/c1-17(18-10-4-2-5-11-18)26-22(31)16-33-25-28-27-24-29(19-12-6-3-7-13-19)23(32)20-14-8-9-15-21(20)30(24)25/h2-15,17H,16H2,1H3,(H,26,31). The molecule has 0 aliphatic heterocycles. The number of nitrogens with one attached hydrogen (secondary N) is 1. The Kier molecular flexibility index (Phi) is 5.66. The third-order valence-electron chi connectivity index (χ3n) is 5.42. The Morgan fingerprint density at radius 3 is 2.36 bits per heavy atom. The number of benzene rings is 3. The van der Waals surface area contributed by atoms with Gasteiger partial charge in [0.1, 0.15) is 0 Å². The first-order valence-corrected chi connectivity index (χ1v) is 11.5. The molecule has 0 fully saturated rings. The Hall–Kier alpha value is -3.91. The number of nitrogens with zero attached hydrogens (tertiary/aromatic N) is 4. The van der Waals surface area contributed by atoms with Crippen LogP contribution in [0.5, 0.6) is 0 Å². The van der Waals surface area contributed by atoms with Gasteiger partial charge in [-0.25, -0.2) is 4.57 Å². The molecule has 0 saturated carbocycles. The molecule has 5 aromatic rings. The van der Waals surface area contributed by atoms with E-state index in [0.29, 0.717) is 27.5 Å². The lowest BCUT2D eigenvalue weighted by Gasteiger charge is -2.14. The monoisotopic (exact) mass is 455 g/mol. The van der Waals surface area contributed by atoms with Gasteiger partial charge in [-0.2, -0.15) is 0 Å². The van der Waals surface area contributed by atoms with Gasteiger partial charge in [-0.05, 0) is 36.8 Å². The average Bonchev–Trinajstić information content (AvgIpc) is 3.28. The molecule has 8 heteroatoms. The first kappa shape index (κ1) is 21.0. The molecule has 1 amide bonds. The van der Waals surface area contributed by atoms with Crippen LogP contribution in [0.4, 0.5) is 0 Å². The summed E-state index contributed by atoms with van der Waals surface area (Å²) in [5.41, 5.74) is 2.29. The third-order valence-corrected chi connectivity index (χ3v) is 6.35. The van der Waals surface area contributed by atoms with Gasteiger partial charge < -0.3 is 5.32 Å². The largest absolute Gasteiger partial charge is 0.349 e. The number of para-hydroxylation sites is 2. The number of aromatic nitrogens is 4. The van der Waals surface area contributed by atoms with Crippen molar-refractivity contribution in [3.63, 3.8) is 0 Å². The summed E-state index contributed by atoms with van der Waals surface area (Å²) >= 11 is 1.29. The quantitative estimate of drug-likeness (QED) is 0.392.